The van der Waals surface area contributed by atoms with Gasteiger partial charge in [0, 0.05) is 17.0 Å². The van der Waals surface area contributed by atoms with Gasteiger partial charge in [-0.1, -0.05) is 20.3 Å². The molecule has 0 aliphatic heterocycles. The summed E-state index contributed by atoms with van der Waals surface area (Å²) in [5, 5.41) is 29.6. The number of aliphatic hydroxyl groups is 2. The zero-order valence-corrected chi connectivity index (χ0v) is 19.4. The van der Waals surface area contributed by atoms with Gasteiger partial charge in [-0.2, -0.15) is 0 Å². The van der Waals surface area contributed by atoms with Crippen LogP contribution in [-0.2, 0) is 17.6 Å². The van der Waals surface area contributed by atoms with E-state index in [4.69, 9.17) is 14.3 Å². The first kappa shape index (κ1) is 23.9. The number of nitrogens with one attached hydrogen (secondary N) is 1. The first-order valence-electron chi connectivity index (χ1n) is 10.7. The predicted molar refractivity (Wildman–Crippen MR) is 123 cm³/mol. The molecular formula is C23H29N3O5S. The summed E-state index contributed by atoms with van der Waals surface area (Å²) in [4.78, 5) is 13.4. The van der Waals surface area contributed by atoms with Gasteiger partial charge in [0.05, 0.1) is 4.88 Å². The van der Waals surface area contributed by atoms with E-state index in [9.17, 15) is 9.90 Å². The highest BCUT2D eigenvalue weighted by Crippen LogP contribution is 2.33. The Bertz CT molecular complexity index is 1050. The highest BCUT2D eigenvalue weighted by atomic mass is 32.1. The molecule has 0 saturated carbocycles. The molecule has 0 fully saturated rings. The van der Waals surface area contributed by atoms with E-state index in [0.717, 1.165) is 34.4 Å². The van der Waals surface area contributed by atoms with Crippen molar-refractivity contribution in [3.8, 4) is 28.0 Å². The van der Waals surface area contributed by atoms with E-state index in [0.29, 0.717) is 24.0 Å². The molecule has 1 amide bonds. The maximum atomic E-state index is 11.1. The normalized spacial score (nSPS) is 12.0. The molecule has 8 nitrogen and oxygen atoms in total. The molecule has 0 aliphatic rings. The topological polar surface area (TPSA) is 118 Å². The highest BCUT2D eigenvalue weighted by Gasteiger charge is 2.17. The molecule has 0 bridgehead atoms. The number of rotatable bonds is 11. The number of thiophene rings is 1. The SMILES string of the molecule is CCCc1ccc(-c2nnc(-c3cc(C)c(OCC(O)CNC(=O)CO)c(CC)c3)o2)s1. The van der Waals surface area contributed by atoms with Crippen LogP contribution in [0.1, 0.15) is 36.3 Å². The average molecular weight is 460 g/mol. The third-order valence-electron chi connectivity index (χ3n) is 4.87. The van der Waals surface area contributed by atoms with Gasteiger partial charge in [-0.15, -0.1) is 21.5 Å². The number of benzene rings is 1. The Balaban J connectivity index is 1.73. The Morgan fingerprint density at radius 3 is 2.75 bits per heavy atom. The Morgan fingerprint density at radius 1 is 1.25 bits per heavy atom. The smallest absolute Gasteiger partial charge is 0.258 e. The van der Waals surface area contributed by atoms with E-state index in [1.807, 2.05) is 32.0 Å². The van der Waals surface area contributed by atoms with E-state index in [1.165, 1.54) is 4.88 Å². The number of ether oxygens (including phenoxy) is 1. The number of hydrogen-bond acceptors (Lipinski definition) is 8. The lowest BCUT2D eigenvalue weighted by Crippen LogP contribution is -2.36. The van der Waals surface area contributed by atoms with Crippen LogP contribution in [-0.4, -0.2) is 52.2 Å². The number of carbonyl (C=O) groups is 1. The van der Waals surface area contributed by atoms with E-state index < -0.39 is 18.6 Å². The molecule has 3 N–H and O–H groups in total. The largest absolute Gasteiger partial charge is 0.490 e. The summed E-state index contributed by atoms with van der Waals surface area (Å²) in [6.45, 7) is 5.50. The van der Waals surface area contributed by atoms with Crippen LogP contribution in [0.15, 0.2) is 28.7 Å². The van der Waals surface area contributed by atoms with Gasteiger partial charge in [0.1, 0.15) is 25.1 Å². The molecule has 0 radical (unpaired) electrons. The number of aliphatic hydroxyl groups excluding tert-OH is 2. The van der Waals surface area contributed by atoms with Crippen molar-refractivity contribution in [2.75, 3.05) is 19.8 Å². The van der Waals surface area contributed by atoms with Crippen LogP contribution in [0, 0.1) is 6.92 Å². The quantitative estimate of drug-likeness (QED) is 0.403. The molecule has 3 rings (SSSR count). The van der Waals surface area contributed by atoms with Gasteiger partial charge in [0.2, 0.25) is 11.8 Å². The number of aromatic nitrogens is 2. The molecule has 2 heterocycles. The van der Waals surface area contributed by atoms with E-state index in [2.05, 4.69) is 28.5 Å². The van der Waals surface area contributed by atoms with Gasteiger partial charge < -0.3 is 24.7 Å². The lowest BCUT2D eigenvalue weighted by atomic mass is 10.0. The standard InChI is InChI=1S/C23H29N3O5S/c1-4-6-18-7-8-19(32-18)23-26-25-22(31-23)16-9-14(3)21(15(5-2)10-16)30-13-17(28)11-24-20(29)12-27/h7-10,17,27-28H,4-6,11-13H2,1-3H3,(H,24,29). The third-order valence-corrected chi connectivity index (χ3v) is 6.00. The molecule has 3 aromatic rings. The minimum atomic E-state index is -0.892. The summed E-state index contributed by atoms with van der Waals surface area (Å²) < 4.78 is 11.8. The van der Waals surface area contributed by atoms with Crippen LogP contribution < -0.4 is 10.1 Å². The second-order valence-corrected chi connectivity index (χ2v) is 8.66. The molecule has 172 valence electrons. The molecule has 1 unspecified atom stereocenters. The number of nitrogens with zero attached hydrogens (tertiary/aromatic N) is 2. The molecule has 2 aromatic heterocycles. The summed E-state index contributed by atoms with van der Waals surface area (Å²) >= 11 is 1.67. The minimum absolute atomic E-state index is 0.00539. The fourth-order valence-electron chi connectivity index (χ4n) is 3.28. The molecule has 0 aliphatic carbocycles. The van der Waals surface area contributed by atoms with Crippen molar-refractivity contribution in [3.63, 3.8) is 0 Å². The van der Waals surface area contributed by atoms with Gasteiger partial charge in [-0.3, -0.25) is 4.79 Å². The van der Waals surface area contributed by atoms with Crippen LogP contribution in [0.5, 0.6) is 5.75 Å². The Morgan fingerprint density at radius 2 is 2.03 bits per heavy atom. The maximum absolute atomic E-state index is 11.1. The first-order valence-corrected chi connectivity index (χ1v) is 11.5. The van der Waals surface area contributed by atoms with Crippen molar-refractivity contribution in [2.45, 2.75) is 46.1 Å². The van der Waals surface area contributed by atoms with Crippen molar-refractivity contribution in [1.29, 1.82) is 0 Å². The second kappa shape index (κ2) is 11.2. The van der Waals surface area contributed by atoms with Crippen LogP contribution in [0.2, 0.25) is 0 Å². The number of amides is 1. The third kappa shape index (κ3) is 5.93. The van der Waals surface area contributed by atoms with Crippen LogP contribution in [0.25, 0.3) is 22.2 Å². The van der Waals surface area contributed by atoms with Crippen LogP contribution >= 0.6 is 11.3 Å². The number of carbonyl (C=O) groups excluding carboxylic acids is 1. The molecule has 1 atom stereocenters. The van der Waals surface area contributed by atoms with Crippen LogP contribution in [0.3, 0.4) is 0 Å². The molecule has 0 saturated heterocycles. The number of hydrogen-bond donors (Lipinski definition) is 3. The van der Waals surface area contributed by atoms with Crippen LogP contribution in [0.4, 0.5) is 0 Å². The van der Waals surface area contributed by atoms with E-state index >= 15 is 0 Å². The second-order valence-electron chi connectivity index (χ2n) is 7.49. The fourth-order valence-corrected chi connectivity index (χ4v) is 4.31. The number of aryl methyl sites for hydroxylation is 3. The highest BCUT2D eigenvalue weighted by molar-refractivity contribution is 7.15. The van der Waals surface area contributed by atoms with Gasteiger partial charge in [-0.25, -0.2) is 0 Å². The summed E-state index contributed by atoms with van der Waals surface area (Å²) in [6.07, 6.45) is 1.95. The lowest BCUT2D eigenvalue weighted by molar-refractivity contribution is -0.124. The summed E-state index contributed by atoms with van der Waals surface area (Å²) in [7, 11) is 0. The van der Waals surface area contributed by atoms with Crippen molar-refractivity contribution in [2.24, 2.45) is 0 Å². The molecule has 32 heavy (non-hydrogen) atoms. The van der Waals surface area contributed by atoms with Gasteiger partial charge in [0.15, 0.2) is 0 Å². The van der Waals surface area contributed by atoms with Gasteiger partial charge >= 0.3 is 0 Å². The Labute approximate surface area is 191 Å². The zero-order chi connectivity index (χ0) is 23.1. The van der Waals surface area contributed by atoms with Gasteiger partial charge in [-0.05, 0) is 55.2 Å². The van der Waals surface area contributed by atoms with Crippen molar-refractivity contribution in [3.05, 3.63) is 40.3 Å². The summed E-state index contributed by atoms with van der Waals surface area (Å²) in [5.74, 6) is 1.10. The molecular weight excluding hydrogens is 430 g/mol. The van der Waals surface area contributed by atoms with Crippen molar-refractivity contribution >= 4 is 17.2 Å². The van der Waals surface area contributed by atoms with E-state index in [-0.39, 0.29) is 13.2 Å². The summed E-state index contributed by atoms with van der Waals surface area (Å²) in [6, 6.07) is 7.99. The Hall–Kier alpha value is -2.75. The van der Waals surface area contributed by atoms with Crippen molar-refractivity contribution < 1.29 is 24.2 Å². The zero-order valence-electron chi connectivity index (χ0n) is 18.6. The van der Waals surface area contributed by atoms with Gasteiger partial charge in [0.25, 0.3) is 5.89 Å². The Kier molecular flexibility index (Phi) is 8.38. The lowest BCUT2D eigenvalue weighted by Gasteiger charge is -2.17. The minimum Gasteiger partial charge on any atom is -0.490 e. The van der Waals surface area contributed by atoms with E-state index in [1.54, 1.807) is 11.3 Å². The average Bonchev–Trinajstić information content (AvgIpc) is 3.46. The molecule has 9 heteroatoms. The predicted octanol–water partition coefficient (Wildman–Crippen LogP) is 3.14. The molecule has 1 aromatic carbocycles. The fraction of sp³-hybridized carbons (Fsp3) is 0.435. The monoisotopic (exact) mass is 459 g/mol. The maximum Gasteiger partial charge on any atom is 0.258 e. The molecule has 0 spiro atoms. The van der Waals surface area contributed by atoms with Crippen molar-refractivity contribution in [1.82, 2.24) is 15.5 Å². The summed E-state index contributed by atoms with van der Waals surface area (Å²) in [5.41, 5.74) is 2.64. The first-order chi connectivity index (χ1) is 15.4.